The molecule has 0 saturated heterocycles. The van der Waals surface area contributed by atoms with Gasteiger partial charge in [-0.25, -0.2) is 9.37 Å². The van der Waals surface area contributed by atoms with Crippen LogP contribution in [0.4, 0.5) is 4.39 Å². The third-order valence-electron chi connectivity index (χ3n) is 3.65. The molecular formula is C16H11FN2. The summed E-state index contributed by atoms with van der Waals surface area (Å²) in [5, 5.41) is 4.08. The summed E-state index contributed by atoms with van der Waals surface area (Å²) in [5.41, 5.74) is 2.02. The molecule has 92 valence electrons. The first-order chi connectivity index (χ1) is 9.25. The third kappa shape index (κ3) is 1.32. The van der Waals surface area contributed by atoms with Crippen molar-refractivity contribution < 1.29 is 4.39 Å². The van der Waals surface area contributed by atoms with E-state index in [9.17, 15) is 4.39 Å². The molecule has 0 radical (unpaired) electrons. The minimum absolute atomic E-state index is 0.215. The Balaban J connectivity index is 2.44. The Labute approximate surface area is 109 Å². The van der Waals surface area contributed by atoms with Crippen LogP contribution in [0.25, 0.3) is 32.6 Å². The predicted molar refractivity (Wildman–Crippen MR) is 75.7 cm³/mol. The molecule has 19 heavy (non-hydrogen) atoms. The molecule has 4 aromatic rings. The second-order valence-corrected chi connectivity index (χ2v) is 4.79. The summed E-state index contributed by atoms with van der Waals surface area (Å²) in [4.78, 5) is 4.47. The van der Waals surface area contributed by atoms with Crippen LogP contribution in [0.1, 0.15) is 0 Å². The van der Waals surface area contributed by atoms with E-state index < -0.39 is 0 Å². The molecule has 1 aromatic heterocycles. The summed E-state index contributed by atoms with van der Waals surface area (Å²) in [6, 6.07) is 13.0. The van der Waals surface area contributed by atoms with Crippen molar-refractivity contribution in [2.45, 2.75) is 0 Å². The van der Waals surface area contributed by atoms with Gasteiger partial charge in [0.15, 0.2) is 0 Å². The van der Waals surface area contributed by atoms with E-state index in [1.165, 1.54) is 6.07 Å². The van der Waals surface area contributed by atoms with E-state index in [4.69, 9.17) is 0 Å². The van der Waals surface area contributed by atoms with Crippen LogP contribution in [0.5, 0.6) is 0 Å². The molecule has 0 saturated carbocycles. The fourth-order valence-electron chi connectivity index (χ4n) is 2.82. The average molecular weight is 250 g/mol. The molecular weight excluding hydrogens is 239 g/mol. The van der Waals surface area contributed by atoms with Gasteiger partial charge < -0.3 is 4.57 Å². The van der Waals surface area contributed by atoms with Crippen LogP contribution in [-0.4, -0.2) is 9.55 Å². The first-order valence-electron chi connectivity index (χ1n) is 6.17. The number of rotatable bonds is 0. The Hall–Kier alpha value is -2.42. The van der Waals surface area contributed by atoms with Gasteiger partial charge in [0.05, 0.1) is 17.4 Å². The predicted octanol–water partition coefficient (Wildman–Crippen LogP) is 4.02. The van der Waals surface area contributed by atoms with Gasteiger partial charge in [-0.2, -0.15) is 0 Å². The zero-order valence-corrected chi connectivity index (χ0v) is 10.4. The van der Waals surface area contributed by atoms with Crippen molar-refractivity contribution in [3.63, 3.8) is 0 Å². The van der Waals surface area contributed by atoms with Gasteiger partial charge in [-0.05, 0) is 29.0 Å². The monoisotopic (exact) mass is 250 g/mol. The lowest BCUT2D eigenvalue weighted by atomic mass is 10.00. The van der Waals surface area contributed by atoms with E-state index in [1.807, 2.05) is 35.9 Å². The minimum Gasteiger partial charge on any atom is -0.333 e. The number of hydrogen-bond acceptors (Lipinski definition) is 1. The Bertz CT molecular complexity index is 938. The van der Waals surface area contributed by atoms with Gasteiger partial charge in [-0.15, -0.1) is 0 Å². The Kier molecular flexibility index (Phi) is 1.96. The van der Waals surface area contributed by atoms with Crippen molar-refractivity contribution in [2.24, 2.45) is 7.05 Å². The normalized spacial score (nSPS) is 11.7. The number of fused-ring (bicyclic) bond motifs is 6. The van der Waals surface area contributed by atoms with Gasteiger partial charge in [0.2, 0.25) is 0 Å². The molecule has 3 heteroatoms. The summed E-state index contributed by atoms with van der Waals surface area (Å²) < 4.78 is 15.6. The van der Waals surface area contributed by atoms with Gasteiger partial charge in [0, 0.05) is 17.8 Å². The number of aromatic nitrogens is 2. The number of benzene rings is 3. The maximum Gasteiger partial charge on any atom is 0.123 e. The van der Waals surface area contributed by atoms with Crippen LogP contribution in [0, 0.1) is 5.82 Å². The van der Waals surface area contributed by atoms with E-state index in [0.29, 0.717) is 0 Å². The largest absolute Gasteiger partial charge is 0.333 e. The topological polar surface area (TPSA) is 17.8 Å². The van der Waals surface area contributed by atoms with Gasteiger partial charge in [0.1, 0.15) is 5.82 Å². The highest BCUT2D eigenvalue weighted by molar-refractivity contribution is 6.23. The molecule has 1 heterocycles. The first kappa shape index (κ1) is 10.5. The van der Waals surface area contributed by atoms with Crippen molar-refractivity contribution in [3.05, 3.63) is 54.6 Å². The van der Waals surface area contributed by atoms with Crippen molar-refractivity contribution >= 4 is 32.6 Å². The van der Waals surface area contributed by atoms with E-state index in [0.717, 1.165) is 32.6 Å². The SMILES string of the molecule is Cn1cnc2c3ccc(F)cc3c3ccccc3c21. The molecule has 0 bridgehead atoms. The van der Waals surface area contributed by atoms with Crippen LogP contribution in [0.3, 0.4) is 0 Å². The molecule has 0 aliphatic heterocycles. The summed E-state index contributed by atoms with van der Waals surface area (Å²) in [7, 11) is 1.98. The average Bonchev–Trinajstić information content (AvgIpc) is 2.81. The lowest BCUT2D eigenvalue weighted by Gasteiger charge is -2.07. The lowest BCUT2D eigenvalue weighted by Crippen LogP contribution is -1.88. The third-order valence-corrected chi connectivity index (χ3v) is 3.65. The van der Waals surface area contributed by atoms with E-state index in [2.05, 4.69) is 11.1 Å². The maximum absolute atomic E-state index is 13.5. The molecule has 0 N–H and O–H groups in total. The second-order valence-electron chi connectivity index (χ2n) is 4.79. The van der Waals surface area contributed by atoms with Gasteiger partial charge in [-0.3, -0.25) is 0 Å². The molecule has 0 unspecified atom stereocenters. The number of hydrogen-bond donors (Lipinski definition) is 0. The van der Waals surface area contributed by atoms with Crippen LogP contribution >= 0.6 is 0 Å². The summed E-state index contributed by atoms with van der Waals surface area (Å²) in [6.07, 6.45) is 1.81. The van der Waals surface area contributed by atoms with Crippen LogP contribution in [-0.2, 0) is 7.05 Å². The zero-order valence-electron chi connectivity index (χ0n) is 10.4. The molecule has 0 aliphatic rings. The quantitative estimate of drug-likeness (QED) is 0.431. The Morgan fingerprint density at radius 3 is 2.58 bits per heavy atom. The van der Waals surface area contributed by atoms with Crippen LogP contribution in [0.2, 0.25) is 0 Å². The highest BCUT2D eigenvalue weighted by atomic mass is 19.1. The fourth-order valence-corrected chi connectivity index (χ4v) is 2.82. The van der Waals surface area contributed by atoms with Gasteiger partial charge >= 0.3 is 0 Å². The fraction of sp³-hybridized carbons (Fsp3) is 0.0625. The molecule has 3 aromatic carbocycles. The molecule has 4 rings (SSSR count). The number of imidazole rings is 1. The molecule has 0 spiro atoms. The number of halogens is 1. The van der Waals surface area contributed by atoms with Crippen molar-refractivity contribution in [1.82, 2.24) is 9.55 Å². The molecule has 0 amide bonds. The highest BCUT2D eigenvalue weighted by Gasteiger charge is 2.12. The molecule has 0 aliphatic carbocycles. The summed E-state index contributed by atoms with van der Waals surface area (Å²) >= 11 is 0. The number of aryl methyl sites for hydroxylation is 1. The van der Waals surface area contributed by atoms with Crippen molar-refractivity contribution in [2.75, 3.05) is 0 Å². The maximum atomic E-state index is 13.5. The lowest BCUT2D eigenvalue weighted by molar-refractivity contribution is 0.630. The van der Waals surface area contributed by atoms with E-state index in [-0.39, 0.29) is 5.82 Å². The van der Waals surface area contributed by atoms with Gasteiger partial charge in [-0.1, -0.05) is 24.3 Å². The Morgan fingerprint density at radius 2 is 1.74 bits per heavy atom. The molecule has 2 nitrogen and oxygen atoms in total. The first-order valence-corrected chi connectivity index (χ1v) is 6.17. The van der Waals surface area contributed by atoms with Crippen molar-refractivity contribution in [1.29, 1.82) is 0 Å². The summed E-state index contributed by atoms with van der Waals surface area (Å²) in [6.45, 7) is 0. The van der Waals surface area contributed by atoms with Crippen molar-refractivity contribution in [3.8, 4) is 0 Å². The van der Waals surface area contributed by atoms with Gasteiger partial charge in [0.25, 0.3) is 0 Å². The molecule has 0 fully saturated rings. The van der Waals surface area contributed by atoms with Crippen LogP contribution in [0.15, 0.2) is 48.8 Å². The molecule has 0 atom stereocenters. The second kappa shape index (κ2) is 3.54. The Morgan fingerprint density at radius 1 is 0.947 bits per heavy atom. The smallest absolute Gasteiger partial charge is 0.123 e. The van der Waals surface area contributed by atoms with E-state index >= 15 is 0 Å². The zero-order chi connectivity index (χ0) is 13.0. The summed E-state index contributed by atoms with van der Waals surface area (Å²) in [5.74, 6) is -0.215. The number of nitrogens with zero attached hydrogens (tertiary/aromatic N) is 2. The highest BCUT2D eigenvalue weighted by Crippen LogP contribution is 2.34. The van der Waals surface area contributed by atoms with E-state index in [1.54, 1.807) is 12.4 Å². The standard InChI is InChI=1S/C16H11FN2/c1-19-9-18-15-12-7-6-10(17)8-14(12)11-4-2-3-5-13(11)16(15)19/h2-9H,1H3. The minimum atomic E-state index is -0.215. The van der Waals surface area contributed by atoms with Crippen LogP contribution < -0.4 is 0 Å².